The fourth-order valence-electron chi connectivity index (χ4n) is 1.79. The predicted octanol–water partition coefficient (Wildman–Crippen LogP) is 1.45. The van der Waals surface area contributed by atoms with Crippen LogP contribution in [0.4, 0.5) is 0 Å². The summed E-state index contributed by atoms with van der Waals surface area (Å²) in [6, 6.07) is 2.63. The van der Waals surface area contributed by atoms with Gasteiger partial charge in [-0.2, -0.15) is 4.31 Å². The first kappa shape index (κ1) is 15.7. The van der Waals surface area contributed by atoms with Crippen LogP contribution in [0.1, 0.15) is 20.8 Å². The molecule has 0 bridgehead atoms. The summed E-state index contributed by atoms with van der Waals surface area (Å²) in [4.78, 5) is 11.8. The number of allylic oxidation sites excluding steroid dienone is 1. The lowest BCUT2D eigenvalue weighted by Crippen LogP contribution is -2.32. The minimum atomic E-state index is -3.53. The molecule has 5 nitrogen and oxygen atoms in total. The van der Waals surface area contributed by atoms with Crippen molar-refractivity contribution in [3.63, 3.8) is 0 Å². The highest BCUT2D eigenvalue weighted by molar-refractivity contribution is 7.89. The summed E-state index contributed by atoms with van der Waals surface area (Å²) in [6.07, 6.45) is 1.38. The first-order valence-corrected chi connectivity index (χ1v) is 7.62. The Morgan fingerprint density at radius 3 is 2.37 bits per heavy atom. The second-order valence-electron chi connectivity index (χ2n) is 4.38. The Bertz CT molecular complexity index is 613. The van der Waals surface area contributed by atoms with Crippen molar-refractivity contribution in [1.29, 1.82) is 0 Å². The predicted molar refractivity (Wildman–Crippen MR) is 75.6 cm³/mol. The summed E-state index contributed by atoms with van der Waals surface area (Å²) >= 11 is 0. The second kappa shape index (κ2) is 6.16. The SMILES string of the molecule is C=C(C)Cn1cc(S(=O)(=O)N(CC)CC)ccc1=O. The van der Waals surface area contributed by atoms with Gasteiger partial charge in [-0.15, -0.1) is 0 Å². The van der Waals surface area contributed by atoms with Gasteiger partial charge in [0.25, 0.3) is 5.56 Å². The number of hydrogen-bond acceptors (Lipinski definition) is 3. The fourth-order valence-corrected chi connectivity index (χ4v) is 3.27. The zero-order chi connectivity index (χ0) is 14.6. The van der Waals surface area contributed by atoms with Crippen molar-refractivity contribution >= 4 is 10.0 Å². The molecule has 0 aliphatic rings. The van der Waals surface area contributed by atoms with Crippen LogP contribution in [0.3, 0.4) is 0 Å². The normalized spacial score (nSPS) is 11.8. The Balaban J connectivity index is 3.29. The molecule has 0 spiro atoms. The van der Waals surface area contributed by atoms with Crippen LogP contribution < -0.4 is 5.56 Å². The third-order valence-electron chi connectivity index (χ3n) is 2.74. The molecule has 0 aromatic carbocycles. The Morgan fingerprint density at radius 1 is 1.32 bits per heavy atom. The Kier molecular flexibility index (Phi) is 5.08. The second-order valence-corrected chi connectivity index (χ2v) is 6.32. The van der Waals surface area contributed by atoms with Crippen molar-refractivity contribution in [3.8, 4) is 0 Å². The molecule has 0 aliphatic carbocycles. The lowest BCUT2D eigenvalue weighted by Gasteiger charge is -2.19. The van der Waals surface area contributed by atoms with E-state index in [9.17, 15) is 13.2 Å². The van der Waals surface area contributed by atoms with E-state index in [0.29, 0.717) is 19.6 Å². The van der Waals surface area contributed by atoms with Crippen LogP contribution in [0.15, 0.2) is 40.2 Å². The molecular weight excluding hydrogens is 264 g/mol. The van der Waals surface area contributed by atoms with Crippen molar-refractivity contribution in [1.82, 2.24) is 8.87 Å². The van der Waals surface area contributed by atoms with Crippen molar-refractivity contribution < 1.29 is 8.42 Å². The molecule has 1 aromatic rings. The van der Waals surface area contributed by atoms with Gasteiger partial charge in [-0.25, -0.2) is 8.42 Å². The molecule has 0 radical (unpaired) electrons. The number of hydrogen-bond donors (Lipinski definition) is 0. The minimum Gasteiger partial charge on any atom is -0.310 e. The molecule has 0 amide bonds. The van der Waals surface area contributed by atoms with E-state index in [1.54, 1.807) is 20.8 Å². The van der Waals surface area contributed by atoms with Gasteiger partial charge < -0.3 is 4.57 Å². The number of sulfonamides is 1. The molecule has 1 heterocycles. The van der Waals surface area contributed by atoms with Crippen LogP contribution in [-0.4, -0.2) is 30.4 Å². The van der Waals surface area contributed by atoms with Gasteiger partial charge in [0.15, 0.2) is 0 Å². The van der Waals surface area contributed by atoms with Crippen LogP contribution in [0.25, 0.3) is 0 Å². The number of nitrogens with zero attached hydrogens (tertiary/aromatic N) is 2. The van der Waals surface area contributed by atoms with Crippen molar-refractivity contribution in [3.05, 3.63) is 40.8 Å². The zero-order valence-corrected chi connectivity index (χ0v) is 12.4. The van der Waals surface area contributed by atoms with Crippen LogP contribution in [0.2, 0.25) is 0 Å². The molecular formula is C13H20N2O3S. The van der Waals surface area contributed by atoms with Gasteiger partial charge >= 0.3 is 0 Å². The molecule has 0 saturated carbocycles. The molecule has 0 unspecified atom stereocenters. The summed E-state index contributed by atoms with van der Waals surface area (Å²) in [7, 11) is -3.53. The summed E-state index contributed by atoms with van der Waals surface area (Å²) in [5, 5.41) is 0. The average molecular weight is 284 g/mol. The Hall–Kier alpha value is -1.40. The highest BCUT2D eigenvalue weighted by Crippen LogP contribution is 2.13. The maximum atomic E-state index is 12.3. The summed E-state index contributed by atoms with van der Waals surface area (Å²) in [5.41, 5.74) is 0.556. The van der Waals surface area contributed by atoms with Gasteiger partial charge in [0, 0.05) is 31.9 Å². The first-order valence-electron chi connectivity index (χ1n) is 6.18. The quantitative estimate of drug-likeness (QED) is 0.743. The molecule has 0 atom stereocenters. The maximum Gasteiger partial charge on any atom is 0.250 e. The summed E-state index contributed by atoms with van der Waals surface area (Å²) < 4.78 is 27.4. The molecule has 0 aliphatic heterocycles. The fraction of sp³-hybridized carbons (Fsp3) is 0.462. The number of pyridine rings is 1. The molecule has 106 valence electrons. The van der Waals surface area contributed by atoms with Gasteiger partial charge in [0.1, 0.15) is 0 Å². The van der Waals surface area contributed by atoms with Crippen molar-refractivity contribution in [2.75, 3.05) is 13.1 Å². The van der Waals surface area contributed by atoms with Gasteiger partial charge in [0.2, 0.25) is 10.0 Å². The topological polar surface area (TPSA) is 59.4 Å². The molecule has 1 aromatic heterocycles. The lowest BCUT2D eigenvalue weighted by molar-refractivity contribution is 0.444. The lowest BCUT2D eigenvalue weighted by atomic mass is 10.3. The highest BCUT2D eigenvalue weighted by atomic mass is 32.2. The largest absolute Gasteiger partial charge is 0.310 e. The van der Waals surface area contributed by atoms with Crippen LogP contribution in [0.5, 0.6) is 0 Å². The van der Waals surface area contributed by atoms with Crippen molar-refractivity contribution in [2.24, 2.45) is 0 Å². The monoisotopic (exact) mass is 284 g/mol. The Morgan fingerprint density at radius 2 is 1.89 bits per heavy atom. The average Bonchev–Trinajstić information content (AvgIpc) is 2.32. The zero-order valence-electron chi connectivity index (χ0n) is 11.6. The molecule has 1 rings (SSSR count). The summed E-state index contributed by atoms with van der Waals surface area (Å²) in [6.45, 7) is 10.2. The first-order chi connectivity index (χ1) is 8.82. The van der Waals surface area contributed by atoms with E-state index in [0.717, 1.165) is 5.57 Å². The number of aromatic nitrogens is 1. The molecule has 19 heavy (non-hydrogen) atoms. The standard InChI is InChI=1S/C13H20N2O3S/c1-5-15(6-2)19(17,18)12-7-8-13(16)14(10-12)9-11(3)4/h7-8,10H,3,5-6,9H2,1-2,4H3. The van der Waals surface area contributed by atoms with E-state index < -0.39 is 10.0 Å². The van der Waals surface area contributed by atoms with Gasteiger partial charge in [-0.1, -0.05) is 26.0 Å². The van der Waals surface area contributed by atoms with E-state index in [1.807, 2.05) is 0 Å². The van der Waals surface area contributed by atoms with E-state index >= 15 is 0 Å². The molecule has 0 fully saturated rings. The molecule has 0 N–H and O–H groups in total. The van der Waals surface area contributed by atoms with E-state index in [2.05, 4.69) is 6.58 Å². The van der Waals surface area contributed by atoms with Crippen LogP contribution in [-0.2, 0) is 16.6 Å². The van der Waals surface area contributed by atoms with Gasteiger partial charge in [0.05, 0.1) is 4.90 Å². The maximum absolute atomic E-state index is 12.3. The molecule has 0 saturated heterocycles. The highest BCUT2D eigenvalue weighted by Gasteiger charge is 2.22. The molecule has 6 heteroatoms. The van der Waals surface area contributed by atoms with Crippen molar-refractivity contribution in [2.45, 2.75) is 32.2 Å². The third kappa shape index (κ3) is 3.54. The summed E-state index contributed by atoms with van der Waals surface area (Å²) in [5.74, 6) is 0. The van der Waals surface area contributed by atoms with Gasteiger partial charge in [-0.05, 0) is 13.0 Å². The smallest absolute Gasteiger partial charge is 0.250 e. The number of rotatable bonds is 6. The van der Waals surface area contributed by atoms with Crippen LogP contribution in [0, 0.1) is 0 Å². The van der Waals surface area contributed by atoms with E-state index in [1.165, 1.54) is 27.2 Å². The van der Waals surface area contributed by atoms with Gasteiger partial charge in [-0.3, -0.25) is 4.79 Å². The Labute approximate surface area is 114 Å². The van der Waals surface area contributed by atoms with E-state index in [4.69, 9.17) is 0 Å². The van der Waals surface area contributed by atoms with Crippen LogP contribution >= 0.6 is 0 Å². The third-order valence-corrected chi connectivity index (χ3v) is 4.77. The van der Waals surface area contributed by atoms with E-state index in [-0.39, 0.29) is 10.5 Å². The minimum absolute atomic E-state index is 0.136.